The van der Waals surface area contributed by atoms with Gasteiger partial charge in [0.2, 0.25) is 0 Å². The Bertz CT molecular complexity index is 845. The molecule has 0 spiro atoms. The van der Waals surface area contributed by atoms with E-state index in [1.807, 2.05) is 0 Å². The second kappa shape index (κ2) is 9.05. The summed E-state index contributed by atoms with van der Waals surface area (Å²) in [5.74, 6) is 1.96. The molecule has 0 atom stereocenters. The molecule has 136 valence electrons. The lowest BCUT2D eigenvalue weighted by molar-refractivity contribution is 0.325. The van der Waals surface area contributed by atoms with E-state index in [2.05, 4.69) is 71.3 Å². The maximum Gasteiger partial charge on any atom is 0.133 e. The Hall–Kier alpha value is -2.06. The maximum absolute atomic E-state index is 4.87. The zero-order valence-corrected chi connectivity index (χ0v) is 16.0. The molecule has 0 aliphatic heterocycles. The molecule has 1 saturated carbocycles. The second-order valence-electron chi connectivity index (χ2n) is 7.15. The summed E-state index contributed by atoms with van der Waals surface area (Å²) in [6.07, 6.45) is 12.7. The van der Waals surface area contributed by atoms with Crippen molar-refractivity contribution in [3.63, 3.8) is 0 Å². The van der Waals surface area contributed by atoms with Gasteiger partial charge in [-0.25, -0.2) is 4.98 Å². The maximum atomic E-state index is 4.87. The molecular weight excluding hydrogens is 340 g/mol. The number of aryl methyl sites for hydroxylation is 1. The molecule has 1 heterocycles. The third-order valence-electron chi connectivity index (χ3n) is 5.39. The highest BCUT2D eigenvalue weighted by Crippen LogP contribution is 2.28. The monoisotopic (exact) mass is 366 g/mol. The highest BCUT2D eigenvalue weighted by molar-refractivity contribution is 5.85. The van der Waals surface area contributed by atoms with Crippen LogP contribution in [0.15, 0.2) is 54.6 Å². The van der Waals surface area contributed by atoms with Gasteiger partial charge in [0, 0.05) is 6.54 Å². The predicted octanol–water partition coefficient (Wildman–Crippen LogP) is 6.60. The zero-order valence-electron chi connectivity index (χ0n) is 15.2. The molecule has 1 aliphatic rings. The average Bonchev–Trinajstić information content (AvgIpc) is 3.04. The van der Waals surface area contributed by atoms with Crippen molar-refractivity contribution < 1.29 is 0 Å². The summed E-state index contributed by atoms with van der Waals surface area (Å²) in [6, 6.07) is 19.0. The minimum atomic E-state index is 0. The van der Waals surface area contributed by atoms with Gasteiger partial charge in [0.25, 0.3) is 0 Å². The molecule has 3 aromatic rings. The van der Waals surface area contributed by atoms with E-state index in [1.54, 1.807) is 0 Å². The fraction of sp³-hybridized carbons (Fsp3) is 0.348. The average molecular weight is 367 g/mol. The van der Waals surface area contributed by atoms with E-state index in [1.165, 1.54) is 49.6 Å². The van der Waals surface area contributed by atoms with Crippen LogP contribution in [-0.4, -0.2) is 9.55 Å². The Morgan fingerprint density at radius 2 is 1.62 bits per heavy atom. The lowest BCUT2D eigenvalue weighted by Crippen LogP contribution is -2.11. The van der Waals surface area contributed by atoms with Crippen LogP contribution >= 0.6 is 12.4 Å². The van der Waals surface area contributed by atoms with Crippen LogP contribution in [0.2, 0.25) is 0 Å². The summed E-state index contributed by atoms with van der Waals surface area (Å²) in [5.41, 5.74) is 3.57. The number of rotatable bonds is 5. The highest BCUT2D eigenvalue weighted by Gasteiger charge is 2.15. The number of nitrogens with zero attached hydrogens (tertiary/aromatic N) is 2. The normalized spacial score (nSPS) is 15.4. The Balaban J connectivity index is 0.00000196. The van der Waals surface area contributed by atoms with Crippen molar-refractivity contribution in [1.29, 1.82) is 0 Å². The number of aromatic nitrogens is 2. The molecule has 0 bridgehead atoms. The summed E-state index contributed by atoms with van der Waals surface area (Å²) >= 11 is 0. The van der Waals surface area contributed by atoms with Gasteiger partial charge in [-0.1, -0.05) is 80.6 Å². The van der Waals surface area contributed by atoms with E-state index in [0.717, 1.165) is 23.8 Å². The van der Waals surface area contributed by atoms with Gasteiger partial charge in [-0.3, -0.25) is 0 Å². The van der Waals surface area contributed by atoms with Crippen molar-refractivity contribution in [2.75, 3.05) is 0 Å². The summed E-state index contributed by atoms with van der Waals surface area (Å²) in [4.78, 5) is 4.87. The topological polar surface area (TPSA) is 17.8 Å². The number of halogens is 1. The van der Waals surface area contributed by atoms with Crippen molar-refractivity contribution in [2.45, 2.75) is 45.1 Å². The first-order valence-electron chi connectivity index (χ1n) is 9.58. The number of para-hydroxylation sites is 2. The first-order valence-corrected chi connectivity index (χ1v) is 9.58. The fourth-order valence-electron chi connectivity index (χ4n) is 3.98. The molecule has 0 unspecified atom stereocenters. The molecule has 1 aromatic heterocycles. The molecule has 26 heavy (non-hydrogen) atoms. The van der Waals surface area contributed by atoms with Gasteiger partial charge in [0.15, 0.2) is 0 Å². The lowest BCUT2D eigenvalue weighted by Gasteiger charge is -2.22. The fourth-order valence-corrected chi connectivity index (χ4v) is 3.98. The minimum Gasteiger partial charge on any atom is -0.324 e. The quantitative estimate of drug-likeness (QED) is 0.497. The smallest absolute Gasteiger partial charge is 0.133 e. The molecule has 0 radical (unpaired) electrons. The summed E-state index contributed by atoms with van der Waals surface area (Å²) < 4.78 is 2.41. The molecular formula is C23H27ClN2. The second-order valence-corrected chi connectivity index (χ2v) is 7.15. The molecule has 3 heteroatoms. The Labute approximate surface area is 162 Å². The van der Waals surface area contributed by atoms with Crippen molar-refractivity contribution >= 4 is 35.6 Å². The molecule has 2 nitrogen and oxygen atoms in total. The number of fused-ring (bicyclic) bond motifs is 1. The standard InChI is InChI=1S/C23H26N2.ClH/c1-3-9-19(10-4-1)15-16-23-24-21-13-7-8-14-22(21)25(23)18-17-20-11-5-2-6-12-20;/h1,3-4,7-10,13-16,20H,2,5-6,11-12,17-18H2;1H/b16-15+;. The van der Waals surface area contributed by atoms with Crippen LogP contribution in [0.4, 0.5) is 0 Å². The lowest BCUT2D eigenvalue weighted by atomic mass is 9.87. The van der Waals surface area contributed by atoms with Crippen molar-refractivity contribution in [1.82, 2.24) is 9.55 Å². The van der Waals surface area contributed by atoms with Crippen LogP contribution in [-0.2, 0) is 6.54 Å². The van der Waals surface area contributed by atoms with Crippen LogP contribution in [0, 0.1) is 5.92 Å². The summed E-state index contributed by atoms with van der Waals surface area (Å²) in [5, 5.41) is 0. The number of benzene rings is 2. The van der Waals surface area contributed by atoms with Gasteiger partial charge < -0.3 is 4.57 Å². The van der Waals surface area contributed by atoms with Crippen molar-refractivity contribution in [3.05, 3.63) is 66.0 Å². The van der Waals surface area contributed by atoms with E-state index in [0.29, 0.717) is 0 Å². The third kappa shape index (κ3) is 4.37. The van der Waals surface area contributed by atoms with Crippen molar-refractivity contribution in [2.24, 2.45) is 5.92 Å². The molecule has 1 fully saturated rings. The molecule has 0 saturated heterocycles. The Morgan fingerprint density at radius 3 is 2.42 bits per heavy atom. The summed E-state index contributed by atoms with van der Waals surface area (Å²) in [6.45, 7) is 1.07. The largest absolute Gasteiger partial charge is 0.324 e. The van der Waals surface area contributed by atoms with E-state index in [4.69, 9.17) is 4.98 Å². The van der Waals surface area contributed by atoms with Crippen LogP contribution in [0.1, 0.15) is 49.9 Å². The SMILES string of the molecule is C(=C\c1nc2ccccc2n1CCC1CCCCC1)/c1ccccc1.Cl. The first kappa shape index (κ1) is 18.7. The van der Waals surface area contributed by atoms with Gasteiger partial charge in [-0.2, -0.15) is 0 Å². The van der Waals surface area contributed by atoms with Crippen LogP contribution in [0.25, 0.3) is 23.2 Å². The van der Waals surface area contributed by atoms with Crippen LogP contribution in [0.5, 0.6) is 0 Å². The van der Waals surface area contributed by atoms with E-state index in [9.17, 15) is 0 Å². The van der Waals surface area contributed by atoms with E-state index >= 15 is 0 Å². The van der Waals surface area contributed by atoms with E-state index < -0.39 is 0 Å². The third-order valence-corrected chi connectivity index (χ3v) is 5.39. The first-order chi connectivity index (χ1) is 12.4. The predicted molar refractivity (Wildman–Crippen MR) is 114 cm³/mol. The minimum absolute atomic E-state index is 0. The van der Waals surface area contributed by atoms with E-state index in [-0.39, 0.29) is 12.4 Å². The van der Waals surface area contributed by atoms with Crippen molar-refractivity contribution in [3.8, 4) is 0 Å². The molecule has 0 amide bonds. The van der Waals surface area contributed by atoms with Gasteiger partial charge in [0.1, 0.15) is 5.82 Å². The Kier molecular flexibility index (Phi) is 6.51. The zero-order chi connectivity index (χ0) is 16.9. The Morgan fingerprint density at radius 1 is 0.885 bits per heavy atom. The van der Waals surface area contributed by atoms with Gasteiger partial charge in [-0.05, 0) is 36.1 Å². The summed E-state index contributed by atoms with van der Waals surface area (Å²) in [7, 11) is 0. The van der Waals surface area contributed by atoms with Gasteiger partial charge >= 0.3 is 0 Å². The van der Waals surface area contributed by atoms with Gasteiger partial charge in [0.05, 0.1) is 11.0 Å². The van der Waals surface area contributed by atoms with Gasteiger partial charge in [-0.15, -0.1) is 12.4 Å². The molecule has 4 rings (SSSR count). The molecule has 0 N–H and O–H groups in total. The van der Waals surface area contributed by atoms with Crippen LogP contribution < -0.4 is 0 Å². The molecule has 2 aromatic carbocycles. The molecule has 1 aliphatic carbocycles. The van der Waals surface area contributed by atoms with Crippen LogP contribution in [0.3, 0.4) is 0 Å². The number of hydrogen-bond donors (Lipinski definition) is 0. The number of imidazole rings is 1. The number of hydrogen-bond acceptors (Lipinski definition) is 1. The highest BCUT2D eigenvalue weighted by atomic mass is 35.5.